The molecule has 1 aliphatic carbocycles. The lowest BCUT2D eigenvalue weighted by Gasteiger charge is -2.11. The number of rotatable bonds is 0. The number of aryl methyl sites for hydroxylation is 2. The standard InChI is InChI=1S/C10H9N3O/c11-10-13-9-6-2-1-5-12-7(6)3-4-8(9)14-10/h1-2,5H,3-4H2,(H2,11,13). The molecule has 0 saturated heterocycles. The van der Waals surface area contributed by atoms with E-state index in [-0.39, 0.29) is 6.01 Å². The second kappa shape index (κ2) is 2.57. The molecular weight excluding hydrogens is 178 g/mol. The van der Waals surface area contributed by atoms with E-state index in [0.29, 0.717) is 0 Å². The minimum absolute atomic E-state index is 0.242. The molecule has 0 bridgehead atoms. The van der Waals surface area contributed by atoms with Crippen molar-refractivity contribution in [2.75, 3.05) is 5.73 Å². The minimum atomic E-state index is 0.242. The molecule has 2 aromatic heterocycles. The average molecular weight is 187 g/mol. The summed E-state index contributed by atoms with van der Waals surface area (Å²) in [5.74, 6) is 0.878. The molecule has 0 radical (unpaired) electrons. The molecule has 0 amide bonds. The van der Waals surface area contributed by atoms with Crippen molar-refractivity contribution in [3.63, 3.8) is 0 Å². The fourth-order valence-electron chi connectivity index (χ4n) is 1.83. The zero-order valence-corrected chi connectivity index (χ0v) is 7.53. The summed E-state index contributed by atoms with van der Waals surface area (Å²) in [4.78, 5) is 8.47. The van der Waals surface area contributed by atoms with Gasteiger partial charge in [-0.3, -0.25) is 4.98 Å². The first-order chi connectivity index (χ1) is 6.84. The Morgan fingerprint density at radius 1 is 1.36 bits per heavy atom. The number of pyridine rings is 1. The van der Waals surface area contributed by atoms with Gasteiger partial charge in [-0.25, -0.2) is 0 Å². The molecule has 0 aliphatic heterocycles. The predicted molar refractivity (Wildman–Crippen MR) is 51.6 cm³/mol. The molecule has 0 saturated carbocycles. The maximum absolute atomic E-state index is 5.52. The first-order valence-electron chi connectivity index (χ1n) is 4.54. The molecule has 14 heavy (non-hydrogen) atoms. The Labute approximate surface area is 80.8 Å². The molecule has 2 heterocycles. The molecular formula is C10H9N3O. The number of anilines is 1. The first-order valence-corrected chi connectivity index (χ1v) is 4.54. The van der Waals surface area contributed by atoms with Crippen LogP contribution < -0.4 is 5.73 Å². The van der Waals surface area contributed by atoms with Gasteiger partial charge in [0.2, 0.25) is 0 Å². The van der Waals surface area contributed by atoms with Crippen molar-refractivity contribution < 1.29 is 4.42 Å². The van der Waals surface area contributed by atoms with Crippen LogP contribution in [0.5, 0.6) is 0 Å². The summed E-state index contributed by atoms with van der Waals surface area (Å²) in [6.45, 7) is 0. The molecule has 0 fully saturated rings. The first kappa shape index (κ1) is 7.55. The van der Waals surface area contributed by atoms with Crippen LogP contribution in [0.4, 0.5) is 6.01 Å². The van der Waals surface area contributed by atoms with Gasteiger partial charge in [0.15, 0.2) is 0 Å². The molecule has 4 heteroatoms. The molecule has 4 nitrogen and oxygen atoms in total. The number of aromatic nitrogens is 2. The lowest BCUT2D eigenvalue weighted by atomic mass is 9.98. The van der Waals surface area contributed by atoms with Crippen LogP contribution in [0.15, 0.2) is 22.7 Å². The third-order valence-electron chi connectivity index (χ3n) is 2.45. The van der Waals surface area contributed by atoms with Gasteiger partial charge >= 0.3 is 0 Å². The monoisotopic (exact) mass is 187 g/mol. The second-order valence-electron chi connectivity index (χ2n) is 3.32. The van der Waals surface area contributed by atoms with Gasteiger partial charge in [-0.1, -0.05) is 0 Å². The van der Waals surface area contributed by atoms with E-state index in [1.54, 1.807) is 6.20 Å². The lowest BCUT2D eigenvalue weighted by molar-refractivity contribution is 0.519. The van der Waals surface area contributed by atoms with Crippen molar-refractivity contribution in [1.82, 2.24) is 9.97 Å². The van der Waals surface area contributed by atoms with Crippen LogP contribution in [0.2, 0.25) is 0 Å². The van der Waals surface area contributed by atoms with Crippen molar-refractivity contribution in [2.45, 2.75) is 12.8 Å². The molecule has 0 unspecified atom stereocenters. The molecule has 0 aromatic carbocycles. The highest BCUT2D eigenvalue weighted by molar-refractivity contribution is 5.67. The zero-order chi connectivity index (χ0) is 9.54. The fourth-order valence-corrected chi connectivity index (χ4v) is 1.83. The van der Waals surface area contributed by atoms with E-state index in [9.17, 15) is 0 Å². The van der Waals surface area contributed by atoms with Crippen LogP contribution in [-0.4, -0.2) is 9.97 Å². The van der Waals surface area contributed by atoms with E-state index in [1.165, 1.54) is 0 Å². The van der Waals surface area contributed by atoms with Crippen molar-refractivity contribution in [3.05, 3.63) is 29.8 Å². The van der Waals surface area contributed by atoms with Gasteiger partial charge in [-0.15, -0.1) is 0 Å². The molecule has 1 aliphatic rings. The van der Waals surface area contributed by atoms with E-state index in [4.69, 9.17) is 10.2 Å². The summed E-state index contributed by atoms with van der Waals surface area (Å²) < 4.78 is 5.30. The average Bonchev–Trinajstić information content (AvgIpc) is 2.59. The van der Waals surface area contributed by atoms with Crippen LogP contribution in [0, 0.1) is 0 Å². The molecule has 3 rings (SSSR count). The highest BCUT2D eigenvalue weighted by Gasteiger charge is 2.21. The van der Waals surface area contributed by atoms with Gasteiger partial charge < -0.3 is 10.2 Å². The normalized spacial score (nSPS) is 13.4. The summed E-state index contributed by atoms with van der Waals surface area (Å²) in [5.41, 5.74) is 8.50. The highest BCUT2D eigenvalue weighted by atomic mass is 16.4. The van der Waals surface area contributed by atoms with E-state index >= 15 is 0 Å². The van der Waals surface area contributed by atoms with Crippen LogP contribution in [0.25, 0.3) is 11.3 Å². The van der Waals surface area contributed by atoms with E-state index in [0.717, 1.165) is 35.6 Å². The quantitative estimate of drug-likeness (QED) is 0.677. The number of nitrogens with two attached hydrogens (primary N) is 1. The Kier molecular flexibility index (Phi) is 1.39. The number of fused-ring (bicyclic) bond motifs is 3. The zero-order valence-electron chi connectivity index (χ0n) is 7.53. The maximum Gasteiger partial charge on any atom is 0.292 e. The Hall–Kier alpha value is -1.84. The maximum atomic E-state index is 5.52. The van der Waals surface area contributed by atoms with Crippen LogP contribution in [0.1, 0.15) is 11.5 Å². The summed E-state index contributed by atoms with van der Waals surface area (Å²) in [6, 6.07) is 4.15. The molecule has 0 atom stereocenters. The summed E-state index contributed by atoms with van der Waals surface area (Å²) in [6.07, 6.45) is 3.54. The predicted octanol–water partition coefficient (Wildman–Crippen LogP) is 1.42. The largest absolute Gasteiger partial charge is 0.428 e. The topological polar surface area (TPSA) is 64.9 Å². The molecule has 2 aromatic rings. The van der Waals surface area contributed by atoms with Crippen LogP contribution in [-0.2, 0) is 12.8 Å². The van der Waals surface area contributed by atoms with Crippen LogP contribution >= 0.6 is 0 Å². The van der Waals surface area contributed by atoms with Crippen molar-refractivity contribution in [3.8, 4) is 11.3 Å². The number of hydrogen-bond donors (Lipinski definition) is 1. The van der Waals surface area contributed by atoms with E-state index < -0.39 is 0 Å². The van der Waals surface area contributed by atoms with Gasteiger partial charge in [-0.2, -0.15) is 4.98 Å². The summed E-state index contributed by atoms with van der Waals surface area (Å²) in [7, 11) is 0. The third kappa shape index (κ3) is 0.937. The SMILES string of the molecule is Nc1nc2c(o1)CCc1ncccc1-2. The highest BCUT2D eigenvalue weighted by Crippen LogP contribution is 2.32. The summed E-state index contributed by atoms with van der Waals surface area (Å²) in [5, 5.41) is 0. The van der Waals surface area contributed by atoms with Gasteiger partial charge in [0, 0.05) is 18.2 Å². The number of oxazole rings is 1. The Morgan fingerprint density at radius 2 is 2.29 bits per heavy atom. The van der Waals surface area contributed by atoms with Crippen molar-refractivity contribution in [1.29, 1.82) is 0 Å². The van der Waals surface area contributed by atoms with Gasteiger partial charge in [0.1, 0.15) is 11.5 Å². The third-order valence-corrected chi connectivity index (χ3v) is 2.45. The molecule has 70 valence electrons. The number of nitrogens with zero attached hydrogens (tertiary/aromatic N) is 2. The Morgan fingerprint density at radius 3 is 3.21 bits per heavy atom. The fraction of sp³-hybridized carbons (Fsp3) is 0.200. The van der Waals surface area contributed by atoms with E-state index in [2.05, 4.69) is 9.97 Å². The van der Waals surface area contributed by atoms with Gasteiger partial charge in [-0.05, 0) is 18.6 Å². The number of nitrogen functional groups attached to an aromatic ring is 1. The van der Waals surface area contributed by atoms with Gasteiger partial charge in [0.05, 0.1) is 5.69 Å². The lowest BCUT2D eigenvalue weighted by Crippen LogP contribution is -2.04. The minimum Gasteiger partial charge on any atom is -0.428 e. The molecule has 2 N–H and O–H groups in total. The summed E-state index contributed by atoms with van der Waals surface area (Å²) >= 11 is 0. The number of hydrogen-bond acceptors (Lipinski definition) is 4. The Balaban J connectivity index is 2.28. The van der Waals surface area contributed by atoms with E-state index in [1.807, 2.05) is 12.1 Å². The van der Waals surface area contributed by atoms with Crippen molar-refractivity contribution >= 4 is 6.01 Å². The molecule has 0 spiro atoms. The second-order valence-corrected chi connectivity index (χ2v) is 3.32. The van der Waals surface area contributed by atoms with Crippen LogP contribution in [0.3, 0.4) is 0 Å². The van der Waals surface area contributed by atoms with Crippen molar-refractivity contribution in [2.24, 2.45) is 0 Å². The van der Waals surface area contributed by atoms with Gasteiger partial charge in [0.25, 0.3) is 6.01 Å². The smallest absolute Gasteiger partial charge is 0.292 e. The Bertz CT molecular complexity index is 490.